The van der Waals surface area contributed by atoms with Gasteiger partial charge in [-0.1, -0.05) is 0 Å². The van der Waals surface area contributed by atoms with Crippen molar-refractivity contribution in [3.8, 4) is 0 Å². The van der Waals surface area contributed by atoms with Crippen LogP contribution < -0.4 is 16.5 Å². The van der Waals surface area contributed by atoms with Gasteiger partial charge < -0.3 is 0 Å². The summed E-state index contributed by atoms with van der Waals surface area (Å²) in [5, 5.41) is 0. The molecule has 4 aromatic carbocycles. The maximum atomic E-state index is 14.2. The van der Waals surface area contributed by atoms with Crippen molar-refractivity contribution in [2.75, 3.05) is 0 Å². The molecular formula is C32H12F24Ga-. The van der Waals surface area contributed by atoms with E-state index in [0.717, 1.165) is 0 Å². The van der Waals surface area contributed by atoms with E-state index in [2.05, 4.69) is 0 Å². The molecule has 4 aromatic rings. The molecule has 0 radical (unpaired) electrons. The van der Waals surface area contributed by atoms with Crippen LogP contribution in [0.4, 0.5) is 105 Å². The van der Waals surface area contributed by atoms with Gasteiger partial charge in [-0.3, -0.25) is 0 Å². The zero-order valence-corrected chi connectivity index (χ0v) is 29.0. The first-order valence-electron chi connectivity index (χ1n) is 14.6. The summed E-state index contributed by atoms with van der Waals surface area (Å²) in [4.78, 5) is 0. The molecule has 0 N–H and O–H groups in total. The Bertz CT molecular complexity index is 1700. The van der Waals surface area contributed by atoms with Gasteiger partial charge >= 0.3 is 304 Å². The van der Waals surface area contributed by atoms with Crippen molar-refractivity contribution in [2.24, 2.45) is 0 Å². The number of benzene rings is 4. The molecule has 4 rings (SSSR count). The molecule has 0 aliphatic heterocycles. The van der Waals surface area contributed by atoms with E-state index in [-0.39, 0.29) is 0 Å². The van der Waals surface area contributed by atoms with E-state index in [1.165, 1.54) is 0 Å². The predicted octanol–water partition coefficient (Wildman–Crippen LogP) is 11.2. The van der Waals surface area contributed by atoms with Crippen LogP contribution in [0.3, 0.4) is 0 Å². The van der Waals surface area contributed by atoms with Gasteiger partial charge in [0.1, 0.15) is 0 Å². The topological polar surface area (TPSA) is 0 Å². The maximum absolute atomic E-state index is 14.2. The van der Waals surface area contributed by atoms with Crippen molar-refractivity contribution in [3.05, 3.63) is 117 Å². The molecule has 0 aromatic heterocycles. The molecule has 25 heteroatoms. The van der Waals surface area contributed by atoms with E-state index in [0.29, 0.717) is 0 Å². The Morgan fingerprint density at radius 1 is 0.193 bits per heavy atom. The second kappa shape index (κ2) is 14.0. The Hall–Kier alpha value is -4.16. The van der Waals surface area contributed by atoms with Gasteiger partial charge in [0.25, 0.3) is 0 Å². The Balaban J connectivity index is 2.62. The summed E-state index contributed by atoms with van der Waals surface area (Å²) >= 11 is -8.35. The van der Waals surface area contributed by atoms with E-state index in [1.54, 1.807) is 0 Å². The SMILES string of the molecule is FC(F)(F)c1cc(C(F)(F)F)c[c]([Ga-]([c]2cc(C(F)(F)F)cc(C(F)(F)F)c2)([c]2cc(C(F)(F)F)cc(C(F)(F)F)c2)[c]2cc(C(F)(F)F)cc(C(F)(F)F)c2)c1. The molecule has 312 valence electrons. The fourth-order valence-corrected chi connectivity index (χ4v) is 18.1. The van der Waals surface area contributed by atoms with Crippen LogP contribution >= 0.6 is 0 Å². The van der Waals surface area contributed by atoms with Crippen molar-refractivity contribution in [3.63, 3.8) is 0 Å². The van der Waals surface area contributed by atoms with Crippen LogP contribution in [0.1, 0.15) is 44.5 Å². The number of hydrogen-bond donors (Lipinski definition) is 0. The van der Waals surface area contributed by atoms with Gasteiger partial charge in [-0.2, -0.15) is 0 Å². The van der Waals surface area contributed by atoms with E-state index in [9.17, 15) is 105 Å². The molecule has 0 saturated heterocycles. The van der Waals surface area contributed by atoms with Gasteiger partial charge in [-0.25, -0.2) is 0 Å². The van der Waals surface area contributed by atoms with Crippen molar-refractivity contribution < 1.29 is 105 Å². The van der Waals surface area contributed by atoms with Crippen LogP contribution in [0.25, 0.3) is 0 Å². The summed E-state index contributed by atoms with van der Waals surface area (Å²) in [6.45, 7) is 0. The van der Waals surface area contributed by atoms with Crippen molar-refractivity contribution in [1.82, 2.24) is 0 Å². The minimum atomic E-state index is -8.35. The van der Waals surface area contributed by atoms with Crippen LogP contribution in [-0.4, -0.2) is 15.0 Å². The molecule has 0 aliphatic carbocycles. The molecule has 0 heterocycles. The average molecular weight is 922 g/mol. The summed E-state index contributed by atoms with van der Waals surface area (Å²) in [5.74, 6) is 0. The van der Waals surface area contributed by atoms with E-state index in [1.807, 2.05) is 0 Å². The summed E-state index contributed by atoms with van der Waals surface area (Å²) in [5.41, 5.74) is -21.0. The minimum absolute atomic E-state index is 0.628. The van der Waals surface area contributed by atoms with Gasteiger partial charge in [0, 0.05) is 0 Å². The third kappa shape index (κ3) is 9.59. The molecule has 0 spiro atoms. The first-order valence-corrected chi connectivity index (χ1v) is 19.5. The third-order valence-electron chi connectivity index (χ3n) is 8.44. The van der Waals surface area contributed by atoms with Crippen LogP contribution in [-0.2, 0) is 49.4 Å². The Morgan fingerprint density at radius 3 is 0.386 bits per heavy atom. The quantitative estimate of drug-likeness (QED) is 0.141. The summed E-state index contributed by atoms with van der Waals surface area (Å²) in [6.07, 6.45) is -48.8. The van der Waals surface area contributed by atoms with Crippen LogP contribution in [0, 0.1) is 0 Å². The molecule has 0 nitrogen and oxygen atoms in total. The number of halogens is 24. The zero-order chi connectivity index (χ0) is 43.9. The standard InChI is InChI=1S/4C8H3F6.Ga/c4*9-7(10,11)5-2-1-3-6(4-5)8(12,13)14;/h4*2-4H;/q;;;;-1. The van der Waals surface area contributed by atoms with Crippen molar-refractivity contribution in [2.45, 2.75) is 49.4 Å². The van der Waals surface area contributed by atoms with E-state index in [4.69, 9.17) is 0 Å². The third-order valence-corrected chi connectivity index (χ3v) is 19.6. The van der Waals surface area contributed by atoms with Gasteiger partial charge in [-0.15, -0.1) is 0 Å². The number of rotatable bonds is 4. The molecule has 0 fully saturated rings. The normalized spacial score (nSPS) is 14.3. The Labute approximate surface area is 303 Å². The molecule has 0 atom stereocenters. The summed E-state index contributed by atoms with van der Waals surface area (Å²) in [6, 6.07) is -8.22. The number of hydrogen-bond acceptors (Lipinski definition) is 0. The molecule has 0 unspecified atom stereocenters. The van der Waals surface area contributed by atoms with Crippen molar-refractivity contribution >= 4 is 31.5 Å². The molecule has 0 saturated carbocycles. The van der Waals surface area contributed by atoms with Gasteiger partial charge in [0.05, 0.1) is 0 Å². The molecule has 57 heavy (non-hydrogen) atoms. The monoisotopic (exact) mass is 921 g/mol. The predicted molar refractivity (Wildman–Crippen MR) is 150 cm³/mol. The van der Waals surface area contributed by atoms with Gasteiger partial charge in [0.15, 0.2) is 0 Å². The molecular weight excluding hydrogens is 910 g/mol. The number of alkyl halides is 24. The second-order valence-electron chi connectivity index (χ2n) is 12.2. The second-order valence-corrected chi connectivity index (χ2v) is 21.5. The molecule has 0 bridgehead atoms. The molecule has 0 aliphatic rings. The Morgan fingerprint density at radius 2 is 0.298 bits per heavy atom. The Kier molecular flexibility index (Phi) is 11.2. The van der Waals surface area contributed by atoms with Gasteiger partial charge in [-0.05, 0) is 0 Å². The fourth-order valence-electron chi connectivity index (χ4n) is 6.07. The van der Waals surface area contributed by atoms with E-state index < -0.39 is 198 Å². The molecule has 0 amide bonds. The average Bonchev–Trinajstić information content (AvgIpc) is 3.01. The van der Waals surface area contributed by atoms with Crippen molar-refractivity contribution in [1.29, 1.82) is 0 Å². The van der Waals surface area contributed by atoms with Crippen LogP contribution in [0.15, 0.2) is 72.8 Å². The summed E-state index contributed by atoms with van der Waals surface area (Å²) < 4.78 is 333. The van der Waals surface area contributed by atoms with Crippen LogP contribution in [0.5, 0.6) is 0 Å². The zero-order valence-electron chi connectivity index (χ0n) is 26.6. The first kappa shape index (κ1) is 45.5. The van der Waals surface area contributed by atoms with Crippen LogP contribution in [0.2, 0.25) is 0 Å². The first-order chi connectivity index (χ1) is 25.3. The van der Waals surface area contributed by atoms with Gasteiger partial charge in [0.2, 0.25) is 0 Å². The van der Waals surface area contributed by atoms with E-state index >= 15 is 0 Å². The summed E-state index contributed by atoms with van der Waals surface area (Å²) in [7, 11) is 0. The fraction of sp³-hybridized carbons (Fsp3) is 0.250.